The highest BCUT2D eigenvalue weighted by molar-refractivity contribution is 7.80. The van der Waals surface area contributed by atoms with Gasteiger partial charge in [-0.15, -0.1) is 0 Å². The maximum atomic E-state index is 5.68. The monoisotopic (exact) mass is 257 g/mol. The summed E-state index contributed by atoms with van der Waals surface area (Å²) >= 11 is 5.02. The number of nitrogens with two attached hydrogens (primary N) is 1. The Morgan fingerprint density at radius 2 is 1.89 bits per heavy atom. The lowest BCUT2D eigenvalue weighted by atomic mass is 10.1. The average molecular weight is 257 g/mol. The van der Waals surface area contributed by atoms with Crippen LogP contribution in [-0.4, -0.2) is 16.5 Å². The third-order valence-electron chi connectivity index (χ3n) is 2.67. The van der Waals surface area contributed by atoms with Gasteiger partial charge >= 0.3 is 0 Å². The van der Waals surface area contributed by atoms with Gasteiger partial charge in [0.25, 0.3) is 0 Å². The molecule has 0 fully saturated rings. The molecule has 0 spiro atoms. The second-order valence-electron chi connectivity index (χ2n) is 3.94. The van der Waals surface area contributed by atoms with E-state index in [0.717, 1.165) is 24.2 Å². The molecule has 0 unspecified atom stereocenters. The van der Waals surface area contributed by atoms with Crippen molar-refractivity contribution in [3.05, 3.63) is 59.9 Å². The Bertz CT molecular complexity index is 526. The minimum absolute atomic E-state index is 0.419. The first kappa shape index (κ1) is 12.5. The van der Waals surface area contributed by atoms with Crippen LogP contribution < -0.4 is 11.1 Å². The van der Waals surface area contributed by atoms with Crippen LogP contribution in [0.15, 0.2) is 48.8 Å². The first-order valence-electron chi connectivity index (χ1n) is 5.79. The number of pyridine rings is 1. The number of nitrogens with zero attached hydrogens (tertiary/aromatic N) is 1. The summed E-state index contributed by atoms with van der Waals surface area (Å²) < 4.78 is 0. The molecule has 0 radical (unpaired) electrons. The van der Waals surface area contributed by atoms with Gasteiger partial charge < -0.3 is 11.1 Å². The molecule has 4 heteroatoms. The van der Waals surface area contributed by atoms with Gasteiger partial charge in [-0.1, -0.05) is 24.4 Å². The number of aromatic nitrogens is 1. The van der Waals surface area contributed by atoms with E-state index in [4.69, 9.17) is 18.0 Å². The highest BCUT2D eigenvalue weighted by Gasteiger charge is 2.03. The zero-order valence-electron chi connectivity index (χ0n) is 9.97. The van der Waals surface area contributed by atoms with Crippen molar-refractivity contribution in [3.8, 4) is 0 Å². The zero-order valence-corrected chi connectivity index (χ0v) is 10.8. The number of anilines is 1. The Morgan fingerprint density at radius 1 is 1.17 bits per heavy atom. The van der Waals surface area contributed by atoms with E-state index in [1.165, 1.54) is 5.56 Å². The predicted molar refractivity (Wildman–Crippen MR) is 78.8 cm³/mol. The number of para-hydroxylation sites is 1. The minimum atomic E-state index is 0.419. The molecule has 3 nitrogen and oxygen atoms in total. The highest BCUT2D eigenvalue weighted by atomic mass is 32.1. The number of benzene rings is 1. The lowest BCUT2D eigenvalue weighted by molar-refractivity contribution is 1.01. The Hall–Kier alpha value is -1.94. The Labute approximate surface area is 112 Å². The molecule has 0 aliphatic rings. The van der Waals surface area contributed by atoms with E-state index >= 15 is 0 Å². The summed E-state index contributed by atoms with van der Waals surface area (Å²) in [5.41, 5.74) is 8.81. The largest absolute Gasteiger partial charge is 0.389 e. The van der Waals surface area contributed by atoms with E-state index in [0.29, 0.717) is 4.99 Å². The minimum Gasteiger partial charge on any atom is -0.389 e. The van der Waals surface area contributed by atoms with E-state index in [1.54, 1.807) is 12.4 Å². The molecule has 0 saturated heterocycles. The third-order valence-corrected chi connectivity index (χ3v) is 2.89. The van der Waals surface area contributed by atoms with Crippen molar-refractivity contribution in [3.63, 3.8) is 0 Å². The molecule has 0 atom stereocenters. The normalized spacial score (nSPS) is 10.0. The summed E-state index contributed by atoms with van der Waals surface area (Å²) in [6, 6.07) is 11.8. The predicted octanol–water partition coefficient (Wildman–Crippen LogP) is 2.37. The van der Waals surface area contributed by atoms with Crippen LogP contribution in [0.4, 0.5) is 5.69 Å². The maximum absolute atomic E-state index is 5.68. The van der Waals surface area contributed by atoms with Crippen LogP contribution in [0.25, 0.3) is 0 Å². The topological polar surface area (TPSA) is 50.9 Å². The van der Waals surface area contributed by atoms with Crippen molar-refractivity contribution in [2.45, 2.75) is 6.42 Å². The summed E-state index contributed by atoms with van der Waals surface area (Å²) in [7, 11) is 0. The molecule has 0 bridgehead atoms. The van der Waals surface area contributed by atoms with Crippen molar-refractivity contribution >= 4 is 22.9 Å². The van der Waals surface area contributed by atoms with Crippen molar-refractivity contribution in [2.24, 2.45) is 5.73 Å². The van der Waals surface area contributed by atoms with Gasteiger partial charge in [-0.25, -0.2) is 0 Å². The third kappa shape index (κ3) is 3.28. The first-order chi connectivity index (χ1) is 8.77. The number of thiocarbonyl (C=S) groups is 1. The molecule has 1 aromatic heterocycles. The van der Waals surface area contributed by atoms with Crippen molar-refractivity contribution < 1.29 is 0 Å². The summed E-state index contributed by atoms with van der Waals surface area (Å²) in [6.45, 7) is 0.837. The van der Waals surface area contributed by atoms with Gasteiger partial charge in [0.1, 0.15) is 4.99 Å². The van der Waals surface area contributed by atoms with Crippen LogP contribution in [0.2, 0.25) is 0 Å². The SMILES string of the molecule is NC(=S)c1ccccc1NCCc1ccncc1. The second-order valence-corrected chi connectivity index (χ2v) is 4.38. The van der Waals surface area contributed by atoms with Crippen molar-refractivity contribution in [2.75, 3.05) is 11.9 Å². The highest BCUT2D eigenvalue weighted by Crippen LogP contribution is 2.14. The molecule has 0 saturated carbocycles. The molecular formula is C14H15N3S. The Morgan fingerprint density at radius 3 is 2.61 bits per heavy atom. The van der Waals surface area contributed by atoms with E-state index < -0.39 is 0 Å². The van der Waals surface area contributed by atoms with Crippen LogP contribution in [0.5, 0.6) is 0 Å². The molecule has 3 N–H and O–H groups in total. The molecule has 0 aliphatic carbocycles. The Kier molecular flexibility index (Phi) is 4.25. The Balaban J connectivity index is 1.97. The zero-order chi connectivity index (χ0) is 12.8. The molecule has 92 valence electrons. The fourth-order valence-electron chi connectivity index (χ4n) is 1.74. The van der Waals surface area contributed by atoms with E-state index in [9.17, 15) is 0 Å². The van der Waals surface area contributed by atoms with Gasteiger partial charge in [0.2, 0.25) is 0 Å². The summed E-state index contributed by atoms with van der Waals surface area (Å²) in [5.74, 6) is 0. The van der Waals surface area contributed by atoms with Crippen LogP contribution in [0.1, 0.15) is 11.1 Å². The average Bonchev–Trinajstić information content (AvgIpc) is 2.40. The molecule has 1 heterocycles. The van der Waals surface area contributed by atoms with Gasteiger partial charge in [0.05, 0.1) is 0 Å². The lowest BCUT2D eigenvalue weighted by Crippen LogP contribution is -2.14. The second kappa shape index (κ2) is 6.12. The first-order valence-corrected chi connectivity index (χ1v) is 6.20. The lowest BCUT2D eigenvalue weighted by Gasteiger charge is -2.10. The fraction of sp³-hybridized carbons (Fsp3) is 0.143. The van der Waals surface area contributed by atoms with E-state index in [-0.39, 0.29) is 0 Å². The number of hydrogen-bond acceptors (Lipinski definition) is 3. The number of nitrogens with one attached hydrogen (secondary N) is 1. The van der Waals surface area contributed by atoms with Crippen molar-refractivity contribution in [1.29, 1.82) is 0 Å². The summed E-state index contributed by atoms with van der Waals surface area (Å²) in [5, 5.41) is 3.36. The molecular weight excluding hydrogens is 242 g/mol. The molecule has 0 amide bonds. The molecule has 2 rings (SSSR count). The number of rotatable bonds is 5. The standard InChI is InChI=1S/C14H15N3S/c15-14(18)12-3-1-2-4-13(12)17-10-7-11-5-8-16-9-6-11/h1-6,8-9,17H,7,10H2,(H2,15,18). The van der Waals surface area contributed by atoms with Gasteiger partial charge in [-0.3, -0.25) is 4.98 Å². The molecule has 18 heavy (non-hydrogen) atoms. The van der Waals surface area contributed by atoms with Crippen LogP contribution in [0.3, 0.4) is 0 Å². The quantitative estimate of drug-likeness (QED) is 0.807. The smallest absolute Gasteiger partial charge is 0.106 e. The number of hydrogen-bond donors (Lipinski definition) is 2. The van der Waals surface area contributed by atoms with Crippen LogP contribution in [0, 0.1) is 0 Å². The van der Waals surface area contributed by atoms with Gasteiger partial charge in [0.15, 0.2) is 0 Å². The molecule has 2 aromatic rings. The summed E-state index contributed by atoms with van der Waals surface area (Å²) in [4.78, 5) is 4.41. The van der Waals surface area contributed by atoms with Crippen molar-refractivity contribution in [1.82, 2.24) is 4.98 Å². The molecule has 1 aromatic carbocycles. The van der Waals surface area contributed by atoms with E-state index in [2.05, 4.69) is 10.3 Å². The maximum Gasteiger partial charge on any atom is 0.106 e. The van der Waals surface area contributed by atoms with Crippen LogP contribution >= 0.6 is 12.2 Å². The fourth-order valence-corrected chi connectivity index (χ4v) is 1.92. The molecule has 0 aliphatic heterocycles. The van der Waals surface area contributed by atoms with Gasteiger partial charge in [-0.2, -0.15) is 0 Å². The van der Waals surface area contributed by atoms with Gasteiger partial charge in [-0.05, 0) is 36.2 Å². The van der Waals surface area contributed by atoms with Crippen LogP contribution in [-0.2, 0) is 6.42 Å². The van der Waals surface area contributed by atoms with Gasteiger partial charge in [0, 0.05) is 30.2 Å². The van der Waals surface area contributed by atoms with E-state index in [1.807, 2.05) is 36.4 Å². The summed E-state index contributed by atoms with van der Waals surface area (Å²) in [6.07, 6.45) is 4.55.